The minimum absolute atomic E-state index is 0.110. The maximum absolute atomic E-state index is 11.9. The maximum atomic E-state index is 11.9. The third-order valence-electron chi connectivity index (χ3n) is 3.01. The Morgan fingerprint density at radius 3 is 2.95 bits per heavy atom. The van der Waals surface area contributed by atoms with Gasteiger partial charge in [0.15, 0.2) is 0 Å². The molecular formula is C14H18N2O4. The van der Waals surface area contributed by atoms with Crippen LogP contribution in [0.25, 0.3) is 0 Å². The Morgan fingerprint density at radius 2 is 2.25 bits per heavy atom. The van der Waals surface area contributed by atoms with Crippen molar-refractivity contribution >= 4 is 17.5 Å². The first-order chi connectivity index (χ1) is 9.70. The van der Waals surface area contributed by atoms with Crippen molar-refractivity contribution in [2.75, 3.05) is 25.1 Å². The van der Waals surface area contributed by atoms with Crippen molar-refractivity contribution in [1.82, 2.24) is 5.32 Å². The number of anilines is 1. The van der Waals surface area contributed by atoms with Gasteiger partial charge in [0.1, 0.15) is 6.10 Å². The molecule has 2 rings (SSSR count). The van der Waals surface area contributed by atoms with Gasteiger partial charge in [0.05, 0.1) is 6.61 Å². The fourth-order valence-electron chi connectivity index (χ4n) is 2.02. The van der Waals surface area contributed by atoms with Crippen LogP contribution in [0.4, 0.5) is 5.69 Å². The van der Waals surface area contributed by atoms with Crippen molar-refractivity contribution in [1.29, 1.82) is 0 Å². The Kier molecular flexibility index (Phi) is 5.09. The lowest BCUT2D eigenvalue weighted by Gasteiger charge is -2.11. The van der Waals surface area contributed by atoms with Crippen molar-refractivity contribution in [3.05, 3.63) is 29.8 Å². The first-order valence-electron chi connectivity index (χ1n) is 6.62. The van der Waals surface area contributed by atoms with Crippen LogP contribution in [0.2, 0.25) is 0 Å². The molecule has 108 valence electrons. The quantitative estimate of drug-likeness (QED) is 0.733. The fraction of sp³-hybridized carbons (Fsp3) is 0.429. The molecule has 1 aromatic carbocycles. The van der Waals surface area contributed by atoms with Gasteiger partial charge in [-0.2, -0.15) is 0 Å². The molecule has 0 bridgehead atoms. The first-order valence-corrected chi connectivity index (χ1v) is 6.62. The van der Waals surface area contributed by atoms with Crippen LogP contribution in [0.3, 0.4) is 0 Å². The smallest absolute Gasteiger partial charge is 0.253 e. The van der Waals surface area contributed by atoms with Crippen molar-refractivity contribution in [3.8, 4) is 0 Å². The van der Waals surface area contributed by atoms with E-state index in [0.717, 1.165) is 12.8 Å². The molecule has 0 aliphatic carbocycles. The molecule has 0 radical (unpaired) electrons. The number of rotatable bonds is 5. The van der Waals surface area contributed by atoms with Crippen molar-refractivity contribution < 1.29 is 19.4 Å². The molecule has 1 atom stereocenters. The second kappa shape index (κ2) is 7.02. The van der Waals surface area contributed by atoms with Gasteiger partial charge < -0.3 is 20.5 Å². The monoisotopic (exact) mass is 278 g/mol. The second-order valence-corrected chi connectivity index (χ2v) is 4.55. The maximum Gasteiger partial charge on any atom is 0.253 e. The number of carbonyl (C=O) groups excluding carboxylic acids is 2. The normalized spacial score (nSPS) is 17.8. The molecule has 6 nitrogen and oxygen atoms in total. The van der Waals surface area contributed by atoms with E-state index < -0.39 is 6.10 Å². The Balaban J connectivity index is 1.98. The predicted octanol–water partition coefficient (Wildman–Crippen LogP) is 0.526. The number of hydrogen-bond donors (Lipinski definition) is 3. The topological polar surface area (TPSA) is 87.7 Å². The number of hydrogen-bond acceptors (Lipinski definition) is 4. The highest BCUT2D eigenvalue weighted by molar-refractivity contribution is 5.98. The number of aliphatic hydroxyl groups is 1. The van der Waals surface area contributed by atoms with Gasteiger partial charge in [-0.1, -0.05) is 6.07 Å². The molecule has 1 heterocycles. The van der Waals surface area contributed by atoms with E-state index >= 15 is 0 Å². The molecule has 0 spiro atoms. The van der Waals surface area contributed by atoms with E-state index in [4.69, 9.17) is 9.84 Å². The zero-order valence-corrected chi connectivity index (χ0v) is 11.1. The molecule has 1 aromatic rings. The SMILES string of the molecule is O=C(NCCO)c1cccc(NC(=O)C2CCCO2)c1. The molecule has 0 saturated carbocycles. The zero-order chi connectivity index (χ0) is 14.4. The van der Waals surface area contributed by atoms with E-state index in [1.54, 1.807) is 24.3 Å². The molecule has 3 N–H and O–H groups in total. The van der Waals surface area contributed by atoms with Gasteiger partial charge in [-0.25, -0.2) is 0 Å². The summed E-state index contributed by atoms with van der Waals surface area (Å²) in [7, 11) is 0. The highest BCUT2D eigenvalue weighted by Gasteiger charge is 2.23. The van der Waals surface area contributed by atoms with Gasteiger partial charge in [0.25, 0.3) is 11.8 Å². The molecule has 1 fully saturated rings. The lowest BCUT2D eigenvalue weighted by molar-refractivity contribution is -0.124. The summed E-state index contributed by atoms with van der Waals surface area (Å²) in [5.41, 5.74) is 0.991. The third-order valence-corrected chi connectivity index (χ3v) is 3.01. The summed E-state index contributed by atoms with van der Waals surface area (Å²) in [6, 6.07) is 6.66. The van der Waals surface area contributed by atoms with Crippen LogP contribution in [0.5, 0.6) is 0 Å². The summed E-state index contributed by atoms with van der Waals surface area (Å²) < 4.78 is 5.30. The van der Waals surface area contributed by atoms with E-state index in [0.29, 0.717) is 17.9 Å². The Morgan fingerprint density at radius 1 is 1.40 bits per heavy atom. The highest BCUT2D eigenvalue weighted by atomic mass is 16.5. The van der Waals surface area contributed by atoms with Crippen LogP contribution in [0.15, 0.2) is 24.3 Å². The van der Waals surface area contributed by atoms with Crippen LogP contribution < -0.4 is 10.6 Å². The average molecular weight is 278 g/mol. The van der Waals surface area contributed by atoms with Gasteiger partial charge in [0, 0.05) is 24.4 Å². The largest absolute Gasteiger partial charge is 0.395 e. The van der Waals surface area contributed by atoms with E-state index in [-0.39, 0.29) is 25.0 Å². The Labute approximate surface area is 117 Å². The summed E-state index contributed by atoms with van der Waals surface area (Å²) in [6.45, 7) is 0.703. The predicted molar refractivity (Wildman–Crippen MR) is 73.5 cm³/mol. The fourth-order valence-corrected chi connectivity index (χ4v) is 2.02. The number of benzene rings is 1. The Bertz CT molecular complexity index is 484. The summed E-state index contributed by atoms with van der Waals surface area (Å²) in [6.07, 6.45) is 1.21. The Hall–Kier alpha value is -1.92. The lowest BCUT2D eigenvalue weighted by atomic mass is 10.1. The average Bonchev–Trinajstić information content (AvgIpc) is 2.99. The second-order valence-electron chi connectivity index (χ2n) is 4.55. The molecule has 1 aliphatic rings. The van der Waals surface area contributed by atoms with Gasteiger partial charge in [-0.3, -0.25) is 9.59 Å². The summed E-state index contributed by atoms with van der Waals surface area (Å²) >= 11 is 0. The van der Waals surface area contributed by atoms with Crippen LogP contribution in [0, 0.1) is 0 Å². The molecule has 6 heteroatoms. The number of amides is 2. The third kappa shape index (κ3) is 3.79. The van der Waals surface area contributed by atoms with Crippen LogP contribution in [-0.2, 0) is 9.53 Å². The standard InChI is InChI=1S/C14H18N2O4/c17-7-6-15-13(18)10-3-1-4-11(9-10)16-14(19)12-5-2-8-20-12/h1,3-4,9,12,17H,2,5-8H2,(H,15,18)(H,16,19). The summed E-state index contributed by atoms with van der Waals surface area (Å²) in [5, 5.41) is 14.0. The van der Waals surface area contributed by atoms with Crippen molar-refractivity contribution in [2.45, 2.75) is 18.9 Å². The molecule has 2 amide bonds. The number of nitrogens with one attached hydrogen (secondary N) is 2. The molecular weight excluding hydrogens is 260 g/mol. The minimum atomic E-state index is -0.401. The van der Waals surface area contributed by atoms with Crippen LogP contribution in [0.1, 0.15) is 23.2 Å². The van der Waals surface area contributed by atoms with Gasteiger partial charge in [-0.15, -0.1) is 0 Å². The molecule has 1 aliphatic heterocycles. The van der Waals surface area contributed by atoms with Crippen LogP contribution >= 0.6 is 0 Å². The lowest BCUT2D eigenvalue weighted by Crippen LogP contribution is -2.28. The van der Waals surface area contributed by atoms with Crippen molar-refractivity contribution in [3.63, 3.8) is 0 Å². The molecule has 1 unspecified atom stereocenters. The van der Waals surface area contributed by atoms with Crippen LogP contribution in [-0.4, -0.2) is 42.8 Å². The molecule has 1 saturated heterocycles. The number of aliphatic hydroxyl groups excluding tert-OH is 1. The van der Waals surface area contributed by atoms with E-state index in [1.807, 2.05) is 0 Å². The zero-order valence-electron chi connectivity index (χ0n) is 11.1. The number of carbonyl (C=O) groups is 2. The van der Waals surface area contributed by atoms with E-state index in [9.17, 15) is 9.59 Å². The molecule has 20 heavy (non-hydrogen) atoms. The first kappa shape index (κ1) is 14.5. The molecule has 0 aromatic heterocycles. The van der Waals surface area contributed by atoms with E-state index in [1.165, 1.54) is 0 Å². The number of ether oxygens (including phenoxy) is 1. The van der Waals surface area contributed by atoms with E-state index in [2.05, 4.69) is 10.6 Å². The van der Waals surface area contributed by atoms with Gasteiger partial charge >= 0.3 is 0 Å². The van der Waals surface area contributed by atoms with Gasteiger partial charge in [-0.05, 0) is 31.0 Å². The highest BCUT2D eigenvalue weighted by Crippen LogP contribution is 2.16. The van der Waals surface area contributed by atoms with Crippen molar-refractivity contribution in [2.24, 2.45) is 0 Å². The summed E-state index contributed by atoms with van der Waals surface area (Å²) in [4.78, 5) is 23.6. The summed E-state index contributed by atoms with van der Waals surface area (Å²) in [5.74, 6) is -0.470. The van der Waals surface area contributed by atoms with Gasteiger partial charge in [0.2, 0.25) is 0 Å². The minimum Gasteiger partial charge on any atom is -0.395 e.